The first-order valence-corrected chi connectivity index (χ1v) is 10.8. The van der Waals surface area contributed by atoms with Gasteiger partial charge < -0.3 is 5.32 Å². The van der Waals surface area contributed by atoms with Crippen LogP contribution in [0.3, 0.4) is 0 Å². The summed E-state index contributed by atoms with van der Waals surface area (Å²) in [5.41, 5.74) is 1.02. The van der Waals surface area contributed by atoms with Crippen molar-refractivity contribution in [2.75, 3.05) is 6.54 Å². The maximum Gasteiger partial charge on any atom is 0.243 e. The number of carbonyl (C=O) groups is 1. The van der Waals surface area contributed by atoms with Gasteiger partial charge >= 0.3 is 0 Å². The number of hydrogen-bond donors (Lipinski definition) is 1. The van der Waals surface area contributed by atoms with E-state index in [2.05, 4.69) is 5.32 Å². The Morgan fingerprint density at radius 3 is 2.28 bits per heavy atom. The lowest BCUT2D eigenvalue weighted by Crippen LogP contribution is -2.48. The van der Waals surface area contributed by atoms with Gasteiger partial charge in [-0.05, 0) is 44.7 Å². The van der Waals surface area contributed by atoms with Gasteiger partial charge in [-0.15, -0.1) is 0 Å². The Hall–Kier alpha value is -1.40. The Kier molecular flexibility index (Phi) is 5.79. The highest BCUT2D eigenvalue weighted by Gasteiger charge is 2.39. The average Bonchev–Trinajstić information content (AvgIpc) is 2.96. The van der Waals surface area contributed by atoms with E-state index < -0.39 is 16.1 Å². The van der Waals surface area contributed by atoms with Crippen LogP contribution in [-0.4, -0.2) is 37.3 Å². The predicted octanol–water partition coefficient (Wildman–Crippen LogP) is 2.99. The minimum atomic E-state index is -3.63. The van der Waals surface area contributed by atoms with Crippen molar-refractivity contribution in [2.45, 2.75) is 75.3 Å². The molecular weight excluding hydrogens is 336 g/mol. The van der Waals surface area contributed by atoms with Crippen LogP contribution in [0, 0.1) is 6.92 Å². The number of benzene rings is 1. The predicted molar refractivity (Wildman–Crippen MR) is 97.7 cm³/mol. The number of nitrogens with one attached hydrogen (secondary N) is 1. The number of sulfonamides is 1. The van der Waals surface area contributed by atoms with Crippen molar-refractivity contribution in [2.24, 2.45) is 0 Å². The molecule has 1 heterocycles. The van der Waals surface area contributed by atoms with Gasteiger partial charge in [-0.1, -0.05) is 43.4 Å². The fourth-order valence-corrected chi connectivity index (χ4v) is 5.51. The van der Waals surface area contributed by atoms with E-state index >= 15 is 0 Å². The molecule has 5 nitrogen and oxygen atoms in total. The molecule has 1 aromatic rings. The monoisotopic (exact) mass is 364 g/mol. The molecule has 2 fully saturated rings. The lowest BCUT2D eigenvalue weighted by molar-refractivity contribution is -0.125. The number of carbonyl (C=O) groups excluding carboxylic acids is 1. The molecule has 1 saturated carbocycles. The van der Waals surface area contributed by atoms with Crippen molar-refractivity contribution in [3.8, 4) is 0 Å². The number of hydrogen-bond acceptors (Lipinski definition) is 3. The van der Waals surface area contributed by atoms with E-state index in [-0.39, 0.29) is 16.8 Å². The highest BCUT2D eigenvalue weighted by molar-refractivity contribution is 7.89. The second kappa shape index (κ2) is 7.87. The second-order valence-electron chi connectivity index (χ2n) is 7.28. The SMILES string of the molecule is Cc1ccc(S(=O)(=O)N2CCC[C@@H]2C(=O)NC2CCCCCC2)cc1. The fraction of sp³-hybridized carbons (Fsp3) is 0.632. The smallest absolute Gasteiger partial charge is 0.243 e. The first-order chi connectivity index (χ1) is 12.0. The van der Waals surface area contributed by atoms with Gasteiger partial charge in [0.1, 0.15) is 6.04 Å². The van der Waals surface area contributed by atoms with Crippen LogP contribution in [-0.2, 0) is 14.8 Å². The molecule has 0 aromatic heterocycles. The average molecular weight is 365 g/mol. The minimum Gasteiger partial charge on any atom is -0.352 e. The third-order valence-corrected chi connectivity index (χ3v) is 7.26. The molecular formula is C19H28N2O3S. The lowest BCUT2D eigenvalue weighted by atomic mass is 10.1. The van der Waals surface area contributed by atoms with E-state index in [4.69, 9.17) is 0 Å². The summed E-state index contributed by atoms with van der Waals surface area (Å²) >= 11 is 0. The molecule has 0 bridgehead atoms. The summed E-state index contributed by atoms with van der Waals surface area (Å²) in [6.45, 7) is 2.34. The highest BCUT2D eigenvalue weighted by atomic mass is 32.2. The van der Waals surface area contributed by atoms with E-state index in [1.807, 2.05) is 6.92 Å². The Balaban J connectivity index is 1.72. The summed E-state index contributed by atoms with van der Waals surface area (Å²) < 4.78 is 27.3. The van der Waals surface area contributed by atoms with Crippen molar-refractivity contribution in [1.29, 1.82) is 0 Å². The van der Waals surface area contributed by atoms with Gasteiger partial charge in [0.05, 0.1) is 4.90 Å². The van der Waals surface area contributed by atoms with Crippen LogP contribution in [0.1, 0.15) is 56.9 Å². The third-order valence-electron chi connectivity index (χ3n) is 5.34. The molecule has 1 aromatic carbocycles. The molecule has 1 aliphatic carbocycles. The molecule has 1 N–H and O–H groups in total. The van der Waals surface area contributed by atoms with Crippen LogP contribution in [0.25, 0.3) is 0 Å². The molecule has 2 aliphatic rings. The zero-order valence-electron chi connectivity index (χ0n) is 14.9. The Morgan fingerprint density at radius 1 is 1.00 bits per heavy atom. The van der Waals surface area contributed by atoms with E-state index in [1.54, 1.807) is 24.3 Å². The summed E-state index contributed by atoms with van der Waals surface area (Å²) in [6, 6.07) is 6.47. The quantitative estimate of drug-likeness (QED) is 0.835. The van der Waals surface area contributed by atoms with Crippen molar-refractivity contribution >= 4 is 15.9 Å². The Bertz CT molecular complexity index is 692. The van der Waals surface area contributed by atoms with Gasteiger partial charge in [0, 0.05) is 12.6 Å². The van der Waals surface area contributed by atoms with E-state index in [9.17, 15) is 13.2 Å². The van der Waals surface area contributed by atoms with Crippen LogP contribution in [0.15, 0.2) is 29.2 Å². The number of amides is 1. The van der Waals surface area contributed by atoms with Crippen LogP contribution < -0.4 is 5.32 Å². The Labute approximate surface area is 150 Å². The summed E-state index contributed by atoms with van der Waals surface area (Å²) in [5.74, 6) is -0.125. The topological polar surface area (TPSA) is 66.5 Å². The molecule has 0 radical (unpaired) electrons. The van der Waals surface area contributed by atoms with Gasteiger partial charge in [0.2, 0.25) is 15.9 Å². The van der Waals surface area contributed by atoms with Crippen molar-refractivity contribution in [3.63, 3.8) is 0 Å². The Morgan fingerprint density at radius 2 is 1.64 bits per heavy atom. The maximum absolute atomic E-state index is 13.0. The fourth-order valence-electron chi connectivity index (χ4n) is 3.86. The molecule has 1 saturated heterocycles. The molecule has 1 aliphatic heterocycles. The van der Waals surface area contributed by atoms with Crippen molar-refractivity contribution < 1.29 is 13.2 Å². The van der Waals surface area contributed by atoms with Gasteiger partial charge in [-0.25, -0.2) is 8.42 Å². The molecule has 25 heavy (non-hydrogen) atoms. The first kappa shape index (κ1) is 18.4. The molecule has 1 atom stereocenters. The van der Waals surface area contributed by atoms with Gasteiger partial charge in [0.15, 0.2) is 0 Å². The molecule has 6 heteroatoms. The molecule has 0 spiro atoms. The largest absolute Gasteiger partial charge is 0.352 e. The van der Waals surface area contributed by atoms with Gasteiger partial charge in [-0.3, -0.25) is 4.79 Å². The van der Waals surface area contributed by atoms with Crippen LogP contribution >= 0.6 is 0 Å². The van der Waals surface area contributed by atoms with Gasteiger partial charge in [0.25, 0.3) is 0 Å². The zero-order chi connectivity index (χ0) is 17.9. The standard InChI is InChI=1S/C19H28N2O3S/c1-15-10-12-17(13-11-15)25(23,24)21-14-6-9-18(21)19(22)20-16-7-4-2-3-5-8-16/h10-13,16,18H,2-9,14H2,1H3,(H,20,22)/t18-/m1/s1. The summed E-state index contributed by atoms with van der Waals surface area (Å²) in [6.07, 6.45) is 8.07. The van der Waals surface area contributed by atoms with Gasteiger partial charge in [-0.2, -0.15) is 4.31 Å². The summed E-state index contributed by atoms with van der Waals surface area (Å²) in [4.78, 5) is 13.0. The molecule has 3 rings (SSSR count). The summed E-state index contributed by atoms with van der Waals surface area (Å²) in [7, 11) is -3.63. The highest BCUT2D eigenvalue weighted by Crippen LogP contribution is 2.27. The molecule has 0 unspecified atom stereocenters. The normalized spacial score (nSPS) is 23.3. The maximum atomic E-state index is 13.0. The van der Waals surface area contributed by atoms with E-state index in [0.29, 0.717) is 13.0 Å². The van der Waals surface area contributed by atoms with Crippen molar-refractivity contribution in [1.82, 2.24) is 9.62 Å². The van der Waals surface area contributed by atoms with Crippen LogP contribution in [0.5, 0.6) is 0 Å². The number of rotatable bonds is 4. The minimum absolute atomic E-state index is 0.125. The molecule has 138 valence electrons. The third kappa shape index (κ3) is 4.23. The summed E-state index contributed by atoms with van der Waals surface area (Å²) in [5, 5.41) is 3.12. The van der Waals surface area contributed by atoms with Crippen LogP contribution in [0.2, 0.25) is 0 Å². The van der Waals surface area contributed by atoms with E-state index in [1.165, 1.54) is 17.1 Å². The lowest BCUT2D eigenvalue weighted by Gasteiger charge is -2.26. The number of nitrogens with zero attached hydrogens (tertiary/aromatic N) is 1. The second-order valence-corrected chi connectivity index (χ2v) is 9.17. The van der Waals surface area contributed by atoms with E-state index in [0.717, 1.165) is 37.7 Å². The van der Waals surface area contributed by atoms with Crippen molar-refractivity contribution in [3.05, 3.63) is 29.8 Å². The zero-order valence-corrected chi connectivity index (χ0v) is 15.7. The number of aryl methyl sites for hydroxylation is 1. The molecule has 1 amide bonds. The first-order valence-electron chi connectivity index (χ1n) is 9.37. The van der Waals surface area contributed by atoms with Crippen LogP contribution in [0.4, 0.5) is 0 Å².